The van der Waals surface area contributed by atoms with Gasteiger partial charge in [-0.2, -0.15) is 5.26 Å². The van der Waals surface area contributed by atoms with E-state index >= 15 is 0 Å². The number of nitrogens with one attached hydrogen (secondary N) is 1. The van der Waals surface area contributed by atoms with Crippen LogP contribution in [0.4, 0.5) is 5.69 Å². The van der Waals surface area contributed by atoms with Crippen LogP contribution in [0.3, 0.4) is 0 Å². The minimum absolute atomic E-state index is 0.479. The topological polar surface area (TPSA) is 52.0 Å². The van der Waals surface area contributed by atoms with E-state index in [1.165, 1.54) is 5.56 Å². The van der Waals surface area contributed by atoms with E-state index in [0.717, 1.165) is 43.7 Å². The molecule has 1 aliphatic heterocycles. The lowest BCUT2D eigenvalue weighted by molar-refractivity contribution is 0.211. The number of hydrogen-bond donors (Lipinski definition) is 1. The Hall–Kier alpha value is -2.38. The molecule has 0 radical (unpaired) electrons. The molecule has 0 saturated carbocycles. The van der Waals surface area contributed by atoms with Gasteiger partial charge in [-0.25, -0.2) is 0 Å². The molecule has 1 N–H and O–H groups in total. The molecule has 1 aromatic heterocycles. The molecule has 0 bridgehead atoms. The van der Waals surface area contributed by atoms with Crippen molar-refractivity contribution in [2.75, 3.05) is 18.4 Å². The summed E-state index contributed by atoms with van der Waals surface area (Å²) in [5, 5.41) is 12.3. The first-order valence-corrected chi connectivity index (χ1v) is 8.17. The average molecular weight is 306 g/mol. The second kappa shape index (κ2) is 7.75. The third kappa shape index (κ3) is 4.54. The van der Waals surface area contributed by atoms with Crippen LogP contribution >= 0.6 is 0 Å². The molecule has 1 aliphatic rings. The lowest BCUT2D eigenvalue weighted by Crippen LogP contribution is -2.38. The fourth-order valence-electron chi connectivity index (χ4n) is 3.03. The standard InChI is InChI=1S/C19H22N4/c20-10-7-16-3-5-18(6-4-16)22-19-8-12-23(13-9-19)15-17-2-1-11-21-14-17/h1-6,11,14,19,22H,7-9,12-13,15H2. The predicted molar refractivity (Wildman–Crippen MR) is 91.9 cm³/mol. The Balaban J connectivity index is 1.46. The van der Waals surface area contributed by atoms with Gasteiger partial charge in [-0.3, -0.25) is 9.88 Å². The van der Waals surface area contributed by atoms with Crippen LogP contribution in [-0.2, 0) is 13.0 Å². The predicted octanol–water partition coefficient (Wildman–Crippen LogP) is 3.22. The monoisotopic (exact) mass is 306 g/mol. The highest BCUT2D eigenvalue weighted by molar-refractivity contribution is 5.45. The molecule has 1 saturated heterocycles. The smallest absolute Gasteiger partial charge is 0.0669 e. The molecule has 1 fully saturated rings. The fourth-order valence-corrected chi connectivity index (χ4v) is 3.03. The summed E-state index contributed by atoms with van der Waals surface area (Å²) in [5.74, 6) is 0. The van der Waals surface area contributed by atoms with Crippen LogP contribution in [0.5, 0.6) is 0 Å². The number of nitrogens with zero attached hydrogens (tertiary/aromatic N) is 3. The van der Waals surface area contributed by atoms with Crippen molar-refractivity contribution < 1.29 is 0 Å². The maximum absolute atomic E-state index is 8.71. The summed E-state index contributed by atoms with van der Waals surface area (Å²) in [5.41, 5.74) is 3.51. The Labute approximate surface area is 137 Å². The first-order valence-electron chi connectivity index (χ1n) is 8.17. The molecule has 2 heterocycles. The number of pyridine rings is 1. The summed E-state index contributed by atoms with van der Waals surface area (Å²) in [6.45, 7) is 3.21. The molecule has 23 heavy (non-hydrogen) atoms. The summed E-state index contributed by atoms with van der Waals surface area (Å²) in [7, 11) is 0. The SMILES string of the molecule is N#CCc1ccc(NC2CCN(Cc3cccnc3)CC2)cc1. The van der Waals surface area contributed by atoms with Crippen LogP contribution < -0.4 is 5.32 Å². The summed E-state index contributed by atoms with van der Waals surface area (Å²) in [6, 6.07) is 15.1. The zero-order chi connectivity index (χ0) is 15.9. The van der Waals surface area contributed by atoms with Gasteiger partial charge in [0.15, 0.2) is 0 Å². The second-order valence-electron chi connectivity index (χ2n) is 6.09. The van der Waals surface area contributed by atoms with Gasteiger partial charge in [0, 0.05) is 43.8 Å². The number of hydrogen-bond acceptors (Lipinski definition) is 4. The molecule has 0 atom stereocenters. The lowest BCUT2D eigenvalue weighted by Gasteiger charge is -2.32. The molecule has 0 aliphatic carbocycles. The molecule has 0 spiro atoms. The van der Waals surface area contributed by atoms with E-state index in [-0.39, 0.29) is 0 Å². The quantitative estimate of drug-likeness (QED) is 0.921. The van der Waals surface area contributed by atoms with Crippen LogP contribution in [0.2, 0.25) is 0 Å². The van der Waals surface area contributed by atoms with Crippen LogP contribution in [-0.4, -0.2) is 29.0 Å². The Morgan fingerprint density at radius 1 is 1.13 bits per heavy atom. The minimum Gasteiger partial charge on any atom is -0.382 e. The van der Waals surface area contributed by atoms with Gasteiger partial charge in [-0.15, -0.1) is 0 Å². The van der Waals surface area contributed by atoms with E-state index in [0.29, 0.717) is 12.5 Å². The van der Waals surface area contributed by atoms with E-state index in [4.69, 9.17) is 5.26 Å². The van der Waals surface area contributed by atoms with Crippen molar-refractivity contribution in [3.63, 3.8) is 0 Å². The van der Waals surface area contributed by atoms with Gasteiger partial charge in [-0.1, -0.05) is 18.2 Å². The van der Waals surface area contributed by atoms with Gasteiger partial charge in [0.05, 0.1) is 12.5 Å². The largest absolute Gasteiger partial charge is 0.382 e. The van der Waals surface area contributed by atoms with E-state index in [1.807, 2.05) is 30.6 Å². The molecule has 2 aromatic rings. The summed E-state index contributed by atoms with van der Waals surface area (Å²) >= 11 is 0. The molecule has 0 amide bonds. The molecule has 4 heteroatoms. The Bertz CT molecular complexity index is 637. The zero-order valence-corrected chi connectivity index (χ0v) is 13.3. The first kappa shape index (κ1) is 15.5. The van der Waals surface area contributed by atoms with Gasteiger partial charge < -0.3 is 5.32 Å². The van der Waals surface area contributed by atoms with Crippen molar-refractivity contribution in [2.45, 2.75) is 31.8 Å². The maximum Gasteiger partial charge on any atom is 0.0669 e. The van der Waals surface area contributed by atoms with Crippen molar-refractivity contribution in [1.29, 1.82) is 5.26 Å². The van der Waals surface area contributed by atoms with E-state index < -0.39 is 0 Å². The van der Waals surface area contributed by atoms with Gasteiger partial charge >= 0.3 is 0 Å². The van der Waals surface area contributed by atoms with Crippen LogP contribution in [0.1, 0.15) is 24.0 Å². The average Bonchev–Trinajstić information content (AvgIpc) is 2.60. The van der Waals surface area contributed by atoms with Gasteiger partial charge in [0.2, 0.25) is 0 Å². The van der Waals surface area contributed by atoms with E-state index in [9.17, 15) is 0 Å². The van der Waals surface area contributed by atoms with Crippen molar-refractivity contribution in [2.24, 2.45) is 0 Å². The Kier molecular flexibility index (Phi) is 5.23. The molecule has 118 valence electrons. The summed E-state index contributed by atoms with van der Waals surface area (Å²) in [6.07, 6.45) is 6.56. The highest BCUT2D eigenvalue weighted by atomic mass is 15.1. The number of anilines is 1. The van der Waals surface area contributed by atoms with Crippen LogP contribution in [0, 0.1) is 11.3 Å². The highest BCUT2D eigenvalue weighted by Gasteiger charge is 2.19. The third-order valence-corrected chi connectivity index (χ3v) is 4.32. The van der Waals surface area contributed by atoms with Gasteiger partial charge in [0.1, 0.15) is 0 Å². The van der Waals surface area contributed by atoms with Crippen molar-refractivity contribution in [1.82, 2.24) is 9.88 Å². The summed E-state index contributed by atoms with van der Waals surface area (Å²) < 4.78 is 0. The number of benzene rings is 1. The van der Waals surface area contributed by atoms with Crippen LogP contribution in [0.15, 0.2) is 48.8 Å². The van der Waals surface area contributed by atoms with Crippen molar-refractivity contribution in [3.05, 3.63) is 59.9 Å². The number of aromatic nitrogens is 1. The summed E-state index contributed by atoms with van der Waals surface area (Å²) in [4.78, 5) is 6.67. The molecular formula is C19H22N4. The number of nitriles is 1. The van der Waals surface area contributed by atoms with E-state index in [2.05, 4.69) is 39.5 Å². The van der Waals surface area contributed by atoms with Gasteiger partial charge in [0.25, 0.3) is 0 Å². The lowest BCUT2D eigenvalue weighted by atomic mass is 10.0. The Morgan fingerprint density at radius 3 is 2.57 bits per heavy atom. The first-order chi connectivity index (χ1) is 11.3. The number of likely N-dealkylation sites (tertiary alicyclic amines) is 1. The molecule has 0 unspecified atom stereocenters. The van der Waals surface area contributed by atoms with E-state index in [1.54, 1.807) is 0 Å². The number of piperidine rings is 1. The Morgan fingerprint density at radius 2 is 1.91 bits per heavy atom. The number of rotatable bonds is 5. The van der Waals surface area contributed by atoms with Crippen molar-refractivity contribution >= 4 is 5.69 Å². The van der Waals surface area contributed by atoms with Gasteiger partial charge in [-0.05, 0) is 42.2 Å². The maximum atomic E-state index is 8.71. The molecule has 4 nitrogen and oxygen atoms in total. The van der Waals surface area contributed by atoms with Crippen LogP contribution in [0.25, 0.3) is 0 Å². The minimum atomic E-state index is 0.479. The van der Waals surface area contributed by atoms with Crippen molar-refractivity contribution in [3.8, 4) is 6.07 Å². The molecule has 3 rings (SSSR count). The zero-order valence-electron chi connectivity index (χ0n) is 13.3. The normalized spacial score (nSPS) is 16.0. The molecule has 1 aromatic carbocycles. The third-order valence-electron chi connectivity index (χ3n) is 4.32. The second-order valence-corrected chi connectivity index (χ2v) is 6.09. The highest BCUT2D eigenvalue weighted by Crippen LogP contribution is 2.18. The molecular weight excluding hydrogens is 284 g/mol. The fraction of sp³-hybridized carbons (Fsp3) is 0.368.